The molecule has 2 atom stereocenters. The fourth-order valence-corrected chi connectivity index (χ4v) is 5.89. The number of ketones is 1. The number of nitrogens with zero attached hydrogens (tertiary/aromatic N) is 1. The highest BCUT2D eigenvalue weighted by atomic mass is 19.3. The molecular weight excluding hydrogens is 517 g/mol. The summed E-state index contributed by atoms with van der Waals surface area (Å²) in [5.41, 5.74) is 2.36. The lowest BCUT2D eigenvalue weighted by atomic mass is 9.83. The van der Waals surface area contributed by atoms with Crippen molar-refractivity contribution in [1.29, 1.82) is 0 Å². The van der Waals surface area contributed by atoms with E-state index in [1.165, 1.54) is 5.57 Å². The summed E-state index contributed by atoms with van der Waals surface area (Å²) >= 11 is 0. The number of ether oxygens (including phenoxy) is 1. The van der Waals surface area contributed by atoms with E-state index in [9.17, 15) is 22.8 Å². The lowest BCUT2D eigenvalue weighted by Crippen LogP contribution is -2.43. The Labute approximate surface area is 236 Å². The van der Waals surface area contributed by atoms with Crippen molar-refractivity contribution in [2.45, 2.75) is 102 Å². The van der Waals surface area contributed by atoms with Crippen molar-refractivity contribution in [3.63, 3.8) is 0 Å². The van der Waals surface area contributed by atoms with E-state index >= 15 is 0 Å². The third-order valence-corrected chi connectivity index (χ3v) is 8.28. The number of benzene rings is 1. The molecule has 1 amide bonds. The van der Waals surface area contributed by atoms with Crippen LogP contribution >= 0.6 is 0 Å². The molecule has 1 aromatic carbocycles. The average Bonchev–Trinajstić information content (AvgIpc) is 3.35. The van der Waals surface area contributed by atoms with Crippen molar-refractivity contribution < 1.29 is 27.5 Å². The van der Waals surface area contributed by atoms with Gasteiger partial charge in [0.1, 0.15) is 18.6 Å². The normalized spacial score (nSPS) is 22.3. The average molecular weight is 561 g/mol. The van der Waals surface area contributed by atoms with E-state index in [2.05, 4.69) is 16.3 Å². The quantitative estimate of drug-likeness (QED) is 0.258. The number of carbonyl (C=O) groups excluding carboxylic acids is 2. The molecule has 0 bridgehead atoms. The number of alkyl halides is 3. The molecule has 220 valence electrons. The SMILES string of the molecule is O=C(CCCCC(=O)C1CCC(F)(F)CC1)N[C@@H](CC1=CC=C(OCc2ccccc2)CC1)CN1CC[C@@H](F)C1. The lowest BCUT2D eigenvalue weighted by molar-refractivity contribution is -0.127. The fourth-order valence-electron chi connectivity index (χ4n) is 5.89. The standard InChI is InChI=1S/C32H43F3N2O3/c33-27-16-19-37(21-27)22-28(20-24-10-12-29(13-11-24)40-23-25-6-2-1-3-7-25)36-31(39)9-5-4-8-30(38)26-14-17-32(34,35)18-15-26/h1-3,6-7,10,12,26-28H,4-5,8-9,11,13-23H2,(H,36,39)/t27-,28+/m1/s1. The number of amides is 1. The zero-order chi connectivity index (χ0) is 28.4. The number of nitrogens with one attached hydrogen (secondary N) is 1. The van der Waals surface area contributed by atoms with Crippen molar-refractivity contribution in [1.82, 2.24) is 10.2 Å². The summed E-state index contributed by atoms with van der Waals surface area (Å²) in [6.07, 6.45) is 8.10. The summed E-state index contributed by atoms with van der Waals surface area (Å²) < 4.78 is 46.5. The Kier molecular flexibility index (Phi) is 11.3. The van der Waals surface area contributed by atoms with Crippen LogP contribution in [0.3, 0.4) is 0 Å². The molecule has 40 heavy (non-hydrogen) atoms. The van der Waals surface area contributed by atoms with Gasteiger partial charge in [0.2, 0.25) is 11.8 Å². The molecule has 4 rings (SSSR count). The Morgan fingerprint density at radius 3 is 2.45 bits per heavy atom. The number of allylic oxidation sites excluding steroid dienone is 3. The van der Waals surface area contributed by atoms with Crippen LogP contribution in [0.15, 0.2) is 53.8 Å². The predicted octanol–water partition coefficient (Wildman–Crippen LogP) is 6.68. The van der Waals surface area contributed by atoms with E-state index in [-0.39, 0.29) is 49.3 Å². The third kappa shape index (κ3) is 10.1. The van der Waals surface area contributed by atoms with Gasteiger partial charge in [-0.25, -0.2) is 13.2 Å². The molecule has 2 fully saturated rings. The van der Waals surface area contributed by atoms with Crippen LogP contribution in [-0.4, -0.2) is 54.4 Å². The van der Waals surface area contributed by atoms with E-state index in [4.69, 9.17) is 4.74 Å². The molecule has 0 radical (unpaired) electrons. The van der Waals surface area contributed by atoms with Gasteiger partial charge >= 0.3 is 0 Å². The van der Waals surface area contributed by atoms with Gasteiger partial charge < -0.3 is 10.1 Å². The first kappa shape index (κ1) is 30.4. The molecule has 0 aromatic heterocycles. The highest BCUT2D eigenvalue weighted by Crippen LogP contribution is 2.37. The molecule has 1 aromatic rings. The van der Waals surface area contributed by atoms with Gasteiger partial charge in [0.25, 0.3) is 0 Å². The summed E-state index contributed by atoms with van der Waals surface area (Å²) in [6.45, 7) is 2.24. The molecular formula is C32H43F3N2O3. The number of hydrogen-bond donors (Lipinski definition) is 1. The van der Waals surface area contributed by atoms with Crippen molar-refractivity contribution in [2.75, 3.05) is 19.6 Å². The van der Waals surface area contributed by atoms with E-state index in [0.717, 1.165) is 24.2 Å². The van der Waals surface area contributed by atoms with Gasteiger partial charge in [0.15, 0.2) is 0 Å². The fraction of sp³-hybridized carbons (Fsp3) is 0.625. The lowest BCUT2D eigenvalue weighted by Gasteiger charge is -2.27. The maximum Gasteiger partial charge on any atom is 0.248 e. The Hall–Kier alpha value is -2.61. The van der Waals surface area contributed by atoms with Crippen LogP contribution in [0.5, 0.6) is 0 Å². The zero-order valence-corrected chi connectivity index (χ0v) is 23.4. The summed E-state index contributed by atoms with van der Waals surface area (Å²) in [6, 6.07) is 9.93. The predicted molar refractivity (Wildman–Crippen MR) is 150 cm³/mol. The number of Topliss-reactive ketones (excluding diaryl/α,β-unsaturated/α-hetero) is 1. The number of carbonyl (C=O) groups is 2. The maximum atomic E-state index is 13.8. The minimum absolute atomic E-state index is 0.0491. The number of halogens is 3. The van der Waals surface area contributed by atoms with E-state index in [1.807, 2.05) is 36.4 Å². The van der Waals surface area contributed by atoms with Crippen molar-refractivity contribution in [3.8, 4) is 0 Å². The second-order valence-corrected chi connectivity index (χ2v) is 11.6. The molecule has 1 heterocycles. The number of unbranched alkanes of at least 4 members (excludes halogenated alkanes) is 1. The van der Waals surface area contributed by atoms with Crippen LogP contribution in [0.1, 0.15) is 82.6 Å². The topological polar surface area (TPSA) is 58.6 Å². The van der Waals surface area contributed by atoms with Crippen molar-refractivity contribution in [2.24, 2.45) is 5.92 Å². The number of rotatable bonds is 14. The first-order chi connectivity index (χ1) is 19.3. The van der Waals surface area contributed by atoms with Crippen LogP contribution in [0, 0.1) is 5.92 Å². The largest absolute Gasteiger partial charge is 0.493 e. The molecule has 1 saturated carbocycles. The van der Waals surface area contributed by atoms with Gasteiger partial charge in [-0.1, -0.05) is 42.0 Å². The van der Waals surface area contributed by atoms with Crippen molar-refractivity contribution in [3.05, 3.63) is 59.4 Å². The molecule has 1 saturated heterocycles. The van der Waals surface area contributed by atoms with Gasteiger partial charge in [-0.2, -0.15) is 0 Å². The summed E-state index contributed by atoms with van der Waals surface area (Å²) in [7, 11) is 0. The van der Waals surface area contributed by atoms with Gasteiger partial charge in [-0.15, -0.1) is 0 Å². The highest BCUT2D eigenvalue weighted by molar-refractivity contribution is 5.81. The van der Waals surface area contributed by atoms with Gasteiger partial charge in [0, 0.05) is 63.7 Å². The number of hydrogen-bond acceptors (Lipinski definition) is 4. The number of likely N-dealkylation sites (tertiary alicyclic amines) is 1. The Morgan fingerprint density at radius 2 is 1.77 bits per heavy atom. The molecule has 0 spiro atoms. The van der Waals surface area contributed by atoms with E-state index in [0.29, 0.717) is 64.8 Å². The molecule has 8 heteroatoms. The summed E-state index contributed by atoms with van der Waals surface area (Å²) in [5, 5.41) is 3.16. The maximum absolute atomic E-state index is 13.8. The van der Waals surface area contributed by atoms with Crippen LogP contribution in [0.4, 0.5) is 13.2 Å². The van der Waals surface area contributed by atoms with Crippen LogP contribution in [0.2, 0.25) is 0 Å². The minimum atomic E-state index is -2.63. The Bertz CT molecular complexity index is 1030. The smallest absolute Gasteiger partial charge is 0.248 e. The molecule has 3 aliphatic rings. The van der Waals surface area contributed by atoms with E-state index < -0.39 is 12.1 Å². The molecule has 2 aliphatic carbocycles. The molecule has 0 unspecified atom stereocenters. The first-order valence-electron chi connectivity index (χ1n) is 14.9. The van der Waals surface area contributed by atoms with Gasteiger partial charge in [-0.05, 0) is 56.6 Å². The molecule has 1 aliphatic heterocycles. The molecule has 1 N–H and O–H groups in total. The van der Waals surface area contributed by atoms with Crippen LogP contribution in [-0.2, 0) is 20.9 Å². The highest BCUT2D eigenvalue weighted by Gasteiger charge is 2.37. The van der Waals surface area contributed by atoms with E-state index in [1.54, 1.807) is 0 Å². The van der Waals surface area contributed by atoms with Gasteiger partial charge in [0.05, 0.1) is 5.76 Å². The van der Waals surface area contributed by atoms with Crippen molar-refractivity contribution >= 4 is 11.7 Å². The Balaban J connectivity index is 1.21. The molecule has 5 nitrogen and oxygen atoms in total. The second-order valence-electron chi connectivity index (χ2n) is 11.6. The second kappa shape index (κ2) is 14.9. The third-order valence-electron chi connectivity index (χ3n) is 8.28. The van der Waals surface area contributed by atoms with Gasteiger partial charge in [-0.3, -0.25) is 14.5 Å². The minimum Gasteiger partial charge on any atom is -0.493 e. The summed E-state index contributed by atoms with van der Waals surface area (Å²) in [4.78, 5) is 27.3. The Morgan fingerprint density at radius 1 is 1.02 bits per heavy atom. The first-order valence-corrected chi connectivity index (χ1v) is 14.9. The monoisotopic (exact) mass is 560 g/mol. The van der Waals surface area contributed by atoms with Crippen LogP contribution < -0.4 is 5.32 Å². The van der Waals surface area contributed by atoms with Crippen LogP contribution in [0.25, 0.3) is 0 Å². The zero-order valence-electron chi connectivity index (χ0n) is 23.4. The summed E-state index contributed by atoms with van der Waals surface area (Å²) in [5.74, 6) is -1.96.